The predicted octanol–water partition coefficient (Wildman–Crippen LogP) is 6.15. The number of hydrogen-bond donors (Lipinski definition) is 0. The van der Waals surface area contributed by atoms with E-state index in [4.69, 9.17) is 0 Å². The van der Waals surface area contributed by atoms with Crippen LogP contribution in [0.1, 0.15) is 55.3 Å². The molecule has 0 bridgehead atoms. The van der Waals surface area contributed by atoms with Gasteiger partial charge in [0.25, 0.3) is 23.6 Å². The van der Waals surface area contributed by atoms with Crippen LogP contribution in [0.25, 0.3) is 0 Å². The van der Waals surface area contributed by atoms with E-state index >= 15 is 0 Å². The maximum atomic E-state index is 13.7. The second-order valence-electron chi connectivity index (χ2n) is 11.1. The van der Waals surface area contributed by atoms with Crippen molar-refractivity contribution >= 4 is 23.6 Å². The standard InChI is InChI=1S/2C18H16F2N2O2.C2H6/c19-15-5-1-13(2-6-15)17(23)21-9-11-22(12-10-21)18(24)14-3-7-16(20)8-4-14;19-15-7-3-1-5-13(15)17(23)21-9-11-22(12-10-21)18(24)14-6-2-4-8-16(14)20;1-2/h2*1-8H,9-12H2;1-2H3. The number of halogens is 4. The van der Waals surface area contributed by atoms with E-state index in [0.29, 0.717) is 37.3 Å². The van der Waals surface area contributed by atoms with E-state index in [1.165, 1.54) is 94.7 Å². The summed E-state index contributed by atoms with van der Waals surface area (Å²) in [5.41, 5.74) is 0.891. The monoisotopic (exact) mass is 690 g/mol. The number of nitrogens with zero attached hydrogens (tertiary/aromatic N) is 4. The lowest BCUT2D eigenvalue weighted by Crippen LogP contribution is -2.50. The Morgan fingerprint density at radius 3 is 0.940 bits per heavy atom. The molecule has 4 aromatic rings. The highest BCUT2D eigenvalue weighted by Crippen LogP contribution is 2.16. The molecule has 0 atom stereocenters. The lowest BCUT2D eigenvalue weighted by Gasteiger charge is -2.35. The zero-order valence-electron chi connectivity index (χ0n) is 27.8. The third kappa shape index (κ3) is 9.34. The zero-order valence-corrected chi connectivity index (χ0v) is 27.8. The number of benzene rings is 4. The normalized spacial score (nSPS) is 14.1. The van der Waals surface area contributed by atoms with Gasteiger partial charge in [-0.1, -0.05) is 38.1 Å². The van der Waals surface area contributed by atoms with E-state index in [-0.39, 0.29) is 60.8 Å². The molecule has 50 heavy (non-hydrogen) atoms. The minimum absolute atomic E-state index is 0.0198. The van der Waals surface area contributed by atoms with Gasteiger partial charge in [-0.25, -0.2) is 17.6 Å². The second-order valence-corrected chi connectivity index (χ2v) is 11.1. The Morgan fingerprint density at radius 2 is 0.660 bits per heavy atom. The molecule has 0 N–H and O–H groups in total. The SMILES string of the molecule is CC.O=C(c1ccc(F)cc1)N1CCN(C(=O)c2ccc(F)cc2)CC1.O=C(c1ccccc1F)N1CCN(C(=O)c2ccccc2F)CC1. The van der Waals surface area contributed by atoms with Crippen molar-refractivity contribution in [3.05, 3.63) is 143 Å². The molecule has 8 nitrogen and oxygen atoms in total. The third-order valence-electron chi connectivity index (χ3n) is 8.10. The average Bonchev–Trinajstić information content (AvgIpc) is 3.16. The predicted molar refractivity (Wildman–Crippen MR) is 181 cm³/mol. The molecule has 2 heterocycles. The number of amides is 4. The lowest BCUT2D eigenvalue weighted by molar-refractivity contribution is 0.0530. The van der Waals surface area contributed by atoms with Crippen LogP contribution in [-0.4, -0.2) is 95.6 Å². The lowest BCUT2D eigenvalue weighted by atomic mass is 10.1. The van der Waals surface area contributed by atoms with Crippen LogP contribution in [0, 0.1) is 23.3 Å². The molecule has 2 fully saturated rings. The van der Waals surface area contributed by atoms with E-state index in [2.05, 4.69) is 0 Å². The molecule has 12 heteroatoms. The maximum Gasteiger partial charge on any atom is 0.256 e. The number of hydrogen-bond acceptors (Lipinski definition) is 4. The van der Waals surface area contributed by atoms with Crippen molar-refractivity contribution in [1.82, 2.24) is 19.6 Å². The average molecular weight is 691 g/mol. The van der Waals surface area contributed by atoms with Gasteiger partial charge in [-0.05, 0) is 72.8 Å². The Morgan fingerprint density at radius 1 is 0.400 bits per heavy atom. The van der Waals surface area contributed by atoms with Gasteiger partial charge < -0.3 is 19.6 Å². The van der Waals surface area contributed by atoms with Crippen LogP contribution >= 0.6 is 0 Å². The molecule has 4 aromatic carbocycles. The summed E-state index contributed by atoms with van der Waals surface area (Å²) in [5.74, 6) is -3.05. The first-order valence-electron chi connectivity index (χ1n) is 16.3. The summed E-state index contributed by atoms with van der Waals surface area (Å²) in [6.07, 6.45) is 0. The fraction of sp³-hybridized carbons (Fsp3) is 0.263. The molecule has 262 valence electrons. The van der Waals surface area contributed by atoms with E-state index < -0.39 is 23.4 Å². The van der Waals surface area contributed by atoms with Gasteiger partial charge in [0, 0.05) is 63.5 Å². The quantitative estimate of drug-likeness (QED) is 0.241. The second kappa shape index (κ2) is 17.8. The van der Waals surface area contributed by atoms with Crippen LogP contribution in [0.15, 0.2) is 97.1 Å². The van der Waals surface area contributed by atoms with Gasteiger partial charge >= 0.3 is 0 Å². The Bertz CT molecular complexity index is 1640. The van der Waals surface area contributed by atoms with Crippen LogP contribution in [0.3, 0.4) is 0 Å². The molecule has 4 amide bonds. The molecular formula is C38H38F4N4O4. The summed E-state index contributed by atoms with van der Waals surface area (Å²) in [5, 5.41) is 0. The molecule has 6 rings (SSSR count). The summed E-state index contributed by atoms with van der Waals surface area (Å²) in [7, 11) is 0. The van der Waals surface area contributed by atoms with Gasteiger partial charge in [0.2, 0.25) is 0 Å². The van der Waals surface area contributed by atoms with Gasteiger partial charge in [-0.15, -0.1) is 0 Å². The minimum atomic E-state index is -0.563. The summed E-state index contributed by atoms with van der Waals surface area (Å²) in [6, 6.07) is 22.4. The highest BCUT2D eigenvalue weighted by atomic mass is 19.1. The van der Waals surface area contributed by atoms with E-state index in [9.17, 15) is 36.7 Å². The third-order valence-corrected chi connectivity index (χ3v) is 8.10. The molecule has 2 aliphatic heterocycles. The molecule has 2 saturated heterocycles. The maximum absolute atomic E-state index is 13.7. The Kier molecular flexibility index (Phi) is 13.2. The number of carbonyl (C=O) groups is 4. The smallest absolute Gasteiger partial charge is 0.256 e. The van der Waals surface area contributed by atoms with Crippen molar-refractivity contribution in [3.63, 3.8) is 0 Å². The summed E-state index contributed by atoms with van der Waals surface area (Å²) < 4.78 is 53.3. The summed E-state index contributed by atoms with van der Waals surface area (Å²) in [6.45, 7) is 6.76. The van der Waals surface area contributed by atoms with Crippen LogP contribution < -0.4 is 0 Å². The fourth-order valence-corrected chi connectivity index (χ4v) is 5.39. The number of rotatable bonds is 4. The first-order chi connectivity index (χ1) is 24.1. The molecule has 2 aliphatic rings. The highest BCUT2D eigenvalue weighted by Gasteiger charge is 2.28. The molecule has 0 unspecified atom stereocenters. The molecule has 0 aliphatic carbocycles. The molecule has 0 aromatic heterocycles. The highest BCUT2D eigenvalue weighted by molar-refractivity contribution is 5.97. The number of carbonyl (C=O) groups excluding carboxylic acids is 4. The van der Waals surface area contributed by atoms with E-state index in [1.54, 1.807) is 21.9 Å². The molecule has 0 spiro atoms. The van der Waals surface area contributed by atoms with E-state index in [0.717, 1.165) is 0 Å². The van der Waals surface area contributed by atoms with Crippen molar-refractivity contribution in [3.8, 4) is 0 Å². The minimum Gasteiger partial charge on any atom is -0.335 e. The van der Waals surface area contributed by atoms with Gasteiger partial charge in [-0.3, -0.25) is 19.2 Å². The van der Waals surface area contributed by atoms with Gasteiger partial charge in [-0.2, -0.15) is 0 Å². The van der Waals surface area contributed by atoms with Crippen LogP contribution in [0.4, 0.5) is 17.6 Å². The van der Waals surface area contributed by atoms with Gasteiger partial charge in [0.15, 0.2) is 0 Å². The molecule has 0 saturated carbocycles. The summed E-state index contributed by atoms with van der Waals surface area (Å²) >= 11 is 0. The number of piperazine rings is 2. The molecular weight excluding hydrogens is 652 g/mol. The van der Waals surface area contributed by atoms with Crippen molar-refractivity contribution in [2.24, 2.45) is 0 Å². The van der Waals surface area contributed by atoms with Crippen molar-refractivity contribution in [2.75, 3.05) is 52.4 Å². The Hall–Kier alpha value is -5.52. The first-order valence-corrected chi connectivity index (χ1v) is 16.3. The van der Waals surface area contributed by atoms with Crippen molar-refractivity contribution in [2.45, 2.75) is 13.8 Å². The van der Waals surface area contributed by atoms with Crippen LogP contribution in [0.2, 0.25) is 0 Å². The molecule has 0 radical (unpaired) electrons. The van der Waals surface area contributed by atoms with Gasteiger partial charge in [0.05, 0.1) is 11.1 Å². The zero-order chi connectivity index (χ0) is 36.2. The fourth-order valence-electron chi connectivity index (χ4n) is 5.39. The largest absolute Gasteiger partial charge is 0.335 e. The topological polar surface area (TPSA) is 81.2 Å². The van der Waals surface area contributed by atoms with Crippen molar-refractivity contribution in [1.29, 1.82) is 0 Å². The van der Waals surface area contributed by atoms with Crippen LogP contribution in [-0.2, 0) is 0 Å². The van der Waals surface area contributed by atoms with Crippen molar-refractivity contribution < 1.29 is 36.7 Å². The first kappa shape index (κ1) is 37.3. The van der Waals surface area contributed by atoms with Crippen LogP contribution in [0.5, 0.6) is 0 Å². The Labute approximate surface area is 288 Å². The van der Waals surface area contributed by atoms with E-state index in [1.807, 2.05) is 13.8 Å². The summed E-state index contributed by atoms with van der Waals surface area (Å²) in [4.78, 5) is 55.7. The Balaban J connectivity index is 0.000000214. The van der Waals surface area contributed by atoms with Gasteiger partial charge in [0.1, 0.15) is 23.3 Å².